The highest BCUT2D eigenvalue weighted by Crippen LogP contribution is 2.39. The largest absolute Gasteiger partial charge is 0.367 e. The fraction of sp³-hybridized carbons (Fsp3) is 0.833. The highest BCUT2D eigenvalue weighted by Gasteiger charge is 2.38. The van der Waals surface area contributed by atoms with E-state index in [-0.39, 0.29) is 5.60 Å². The summed E-state index contributed by atoms with van der Waals surface area (Å²) >= 11 is 1.44. The first kappa shape index (κ1) is 12.8. The molecule has 0 amide bonds. The Balaban J connectivity index is 2.18. The molecule has 0 spiro atoms. The van der Waals surface area contributed by atoms with Crippen molar-refractivity contribution in [3.63, 3.8) is 0 Å². The molecule has 2 rings (SSSR count). The normalized spacial score (nSPS) is 19.2. The van der Waals surface area contributed by atoms with E-state index in [9.17, 15) is 0 Å². The number of aromatic nitrogens is 2. The van der Waals surface area contributed by atoms with Crippen LogP contribution in [0.5, 0.6) is 0 Å². The van der Waals surface area contributed by atoms with E-state index in [4.69, 9.17) is 4.74 Å². The number of hydrogen-bond donors (Lipinski definition) is 1. The zero-order valence-corrected chi connectivity index (χ0v) is 11.5. The number of ether oxygens (including phenoxy) is 1. The maximum atomic E-state index is 6.00. The minimum Gasteiger partial charge on any atom is -0.367 e. The maximum absolute atomic E-state index is 6.00. The van der Waals surface area contributed by atoms with Gasteiger partial charge in [-0.25, -0.2) is 4.98 Å². The molecule has 0 radical (unpaired) electrons. The Morgan fingerprint density at radius 2 is 2.06 bits per heavy atom. The molecule has 0 aromatic carbocycles. The second kappa shape index (κ2) is 5.78. The third-order valence-corrected chi connectivity index (χ3v) is 3.92. The molecule has 0 bridgehead atoms. The van der Waals surface area contributed by atoms with E-state index >= 15 is 0 Å². The summed E-state index contributed by atoms with van der Waals surface area (Å²) in [6.07, 6.45) is 5.86. The van der Waals surface area contributed by atoms with Gasteiger partial charge in [-0.2, -0.15) is 4.37 Å². The fourth-order valence-corrected chi connectivity index (χ4v) is 3.18. The summed E-state index contributed by atoms with van der Waals surface area (Å²) in [5.41, 5.74) is -0.211. The van der Waals surface area contributed by atoms with Crippen LogP contribution in [-0.4, -0.2) is 22.5 Å². The molecule has 1 aliphatic rings. The van der Waals surface area contributed by atoms with E-state index < -0.39 is 0 Å². The van der Waals surface area contributed by atoms with E-state index in [2.05, 4.69) is 21.6 Å². The van der Waals surface area contributed by atoms with Crippen LogP contribution < -0.4 is 5.32 Å². The monoisotopic (exact) mass is 255 g/mol. The molecule has 96 valence electrons. The highest BCUT2D eigenvalue weighted by molar-refractivity contribution is 7.09. The Labute approximate surface area is 107 Å². The smallest absolute Gasteiger partial charge is 0.202 e. The summed E-state index contributed by atoms with van der Waals surface area (Å²) in [6, 6.07) is 0. The van der Waals surface area contributed by atoms with Gasteiger partial charge in [0.1, 0.15) is 5.60 Å². The predicted octanol–water partition coefficient (Wildman–Crippen LogP) is 3.17. The number of anilines is 1. The second-order valence-corrected chi connectivity index (χ2v) is 5.19. The molecule has 17 heavy (non-hydrogen) atoms. The van der Waals surface area contributed by atoms with Crippen LogP contribution >= 0.6 is 11.5 Å². The molecular weight excluding hydrogens is 234 g/mol. The average molecular weight is 255 g/mol. The van der Waals surface area contributed by atoms with Crippen molar-refractivity contribution in [3.05, 3.63) is 5.82 Å². The molecule has 0 unspecified atom stereocenters. The SMILES string of the molecule is CCNc1nc(C2(OCC)CCCCC2)ns1. The van der Waals surface area contributed by atoms with Crippen molar-refractivity contribution in [1.29, 1.82) is 0 Å². The lowest BCUT2D eigenvalue weighted by Gasteiger charge is -2.34. The Kier molecular flexibility index (Phi) is 4.34. The van der Waals surface area contributed by atoms with Crippen LogP contribution in [0.25, 0.3) is 0 Å². The van der Waals surface area contributed by atoms with Gasteiger partial charge in [-0.3, -0.25) is 0 Å². The number of rotatable bonds is 5. The van der Waals surface area contributed by atoms with Crippen molar-refractivity contribution < 1.29 is 4.74 Å². The minimum atomic E-state index is -0.211. The van der Waals surface area contributed by atoms with Crippen molar-refractivity contribution in [2.75, 3.05) is 18.5 Å². The molecule has 1 aliphatic carbocycles. The Hall–Kier alpha value is -0.680. The molecule has 0 aliphatic heterocycles. The number of hydrogen-bond acceptors (Lipinski definition) is 5. The maximum Gasteiger partial charge on any atom is 0.202 e. The van der Waals surface area contributed by atoms with Crippen LogP contribution in [0.3, 0.4) is 0 Å². The summed E-state index contributed by atoms with van der Waals surface area (Å²) in [5.74, 6) is 0.889. The Bertz CT molecular complexity index is 342. The third kappa shape index (κ3) is 2.77. The third-order valence-electron chi connectivity index (χ3n) is 3.24. The van der Waals surface area contributed by atoms with Crippen LogP contribution in [0.4, 0.5) is 5.13 Å². The van der Waals surface area contributed by atoms with Crippen molar-refractivity contribution in [1.82, 2.24) is 9.36 Å². The van der Waals surface area contributed by atoms with Gasteiger partial charge in [-0.15, -0.1) is 0 Å². The standard InChI is InChI=1S/C12H21N3OS/c1-3-13-11-14-10(15-17-11)12(16-4-2)8-6-5-7-9-12/h3-9H2,1-2H3,(H,13,14,15). The summed E-state index contributed by atoms with van der Waals surface area (Å²) in [6.45, 7) is 5.74. The highest BCUT2D eigenvalue weighted by atomic mass is 32.1. The molecule has 1 aromatic rings. The number of nitrogens with one attached hydrogen (secondary N) is 1. The molecular formula is C12H21N3OS. The molecule has 4 nitrogen and oxygen atoms in total. The minimum absolute atomic E-state index is 0.211. The first-order valence-corrected chi connectivity index (χ1v) is 7.30. The van der Waals surface area contributed by atoms with Gasteiger partial charge in [0.25, 0.3) is 0 Å². The first-order valence-electron chi connectivity index (χ1n) is 6.53. The summed E-state index contributed by atoms with van der Waals surface area (Å²) in [4.78, 5) is 4.59. The first-order chi connectivity index (χ1) is 8.30. The molecule has 5 heteroatoms. The van der Waals surface area contributed by atoms with Crippen LogP contribution in [0, 0.1) is 0 Å². The molecule has 0 atom stereocenters. The van der Waals surface area contributed by atoms with Gasteiger partial charge in [-0.1, -0.05) is 19.3 Å². The van der Waals surface area contributed by atoms with Crippen LogP contribution in [0.1, 0.15) is 51.8 Å². The van der Waals surface area contributed by atoms with Crippen molar-refractivity contribution in [2.24, 2.45) is 0 Å². The molecule has 1 heterocycles. The molecule has 1 N–H and O–H groups in total. The van der Waals surface area contributed by atoms with Gasteiger partial charge < -0.3 is 10.1 Å². The Morgan fingerprint density at radius 1 is 1.29 bits per heavy atom. The van der Waals surface area contributed by atoms with Gasteiger partial charge >= 0.3 is 0 Å². The molecule has 1 fully saturated rings. The van der Waals surface area contributed by atoms with Crippen LogP contribution in [-0.2, 0) is 10.3 Å². The van der Waals surface area contributed by atoms with E-state index in [1.165, 1.54) is 30.8 Å². The topological polar surface area (TPSA) is 47.0 Å². The van der Waals surface area contributed by atoms with Crippen molar-refractivity contribution in [3.8, 4) is 0 Å². The quantitative estimate of drug-likeness (QED) is 0.878. The molecule has 1 saturated carbocycles. The van der Waals surface area contributed by atoms with E-state index in [0.717, 1.165) is 36.9 Å². The van der Waals surface area contributed by atoms with Gasteiger partial charge in [0.15, 0.2) is 5.82 Å². The van der Waals surface area contributed by atoms with Crippen LogP contribution in [0.15, 0.2) is 0 Å². The van der Waals surface area contributed by atoms with Gasteiger partial charge in [0.2, 0.25) is 5.13 Å². The van der Waals surface area contributed by atoms with E-state index in [1.54, 1.807) is 0 Å². The van der Waals surface area contributed by atoms with Crippen LogP contribution in [0.2, 0.25) is 0 Å². The number of nitrogens with zero attached hydrogens (tertiary/aromatic N) is 2. The fourth-order valence-electron chi connectivity index (χ4n) is 2.46. The average Bonchev–Trinajstić information content (AvgIpc) is 2.80. The summed E-state index contributed by atoms with van der Waals surface area (Å²) < 4.78 is 10.5. The zero-order chi connectivity index (χ0) is 12.1. The lowest BCUT2D eigenvalue weighted by atomic mass is 9.84. The van der Waals surface area contributed by atoms with Gasteiger partial charge in [0, 0.05) is 24.7 Å². The van der Waals surface area contributed by atoms with Gasteiger partial charge in [0.05, 0.1) is 0 Å². The van der Waals surface area contributed by atoms with Gasteiger partial charge in [-0.05, 0) is 26.7 Å². The van der Waals surface area contributed by atoms with Crippen molar-refractivity contribution >= 4 is 16.7 Å². The molecule has 0 saturated heterocycles. The van der Waals surface area contributed by atoms with Crippen molar-refractivity contribution in [2.45, 2.75) is 51.6 Å². The Morgan fingerprint density at radius 3 is 2.71 bits per heavy atom. The summed E-state index contributed by atoms with van der Waals surface area (Å²) in [5, 5.41) is 4.13. The van der Waals surface area contributed by atoms with E-state index in [1.807, 2.05) is 6.92 Å². The lowest BCUT2D eigenvalue weighted by Crippen LogP contribution is -2.33. The summed E-state index contributed by atoms with van der Waals surface area (Å²) in [7, 11) is 0. The zero-order valence-electron chi connectivity index (χ0n) is 10.7. The van der Waals surface area contributed by atoms with E-state index in [0.29, 0.717) is 0 Å². The molecule has 1 aromatic heterocycles. The lowest BCUT2D eigenvalue weighted by molar-refractivity contribution is -0.0758. The second-order valence-electron chi connectivity index (χ2n) is 4.44. The predicted molar refractivity (Wildman–Crippen MR) is 70.5 cm³/mol.